The Morgan fingerprint density at radius 2 is 2.04 bits per heavy atom. The van der Waals surface area contributed by atoms with Crippen molar-refractivity contribution in [3.63, 3.8) is 0 Å². The lowest BCUT2D eigenvalue weighted by molar-refractivity contribution is -0.116. The van der Waals surface area contributed by atoms with Crippen LogP contribution in [0.15, 0.2) is 18.3 Å². The van der Waals surface area contributed by atoms with E-state index >= 15 is 0 Å². The third-order valence-electron chi connectivity index (χ3n) is 4.00. The molecule has 0 spiro atoms. The molecule has 0 unspecified atom stereocenters. The van der Waals surface area contributed by atoms with Crippen molar-refractivity contribution < 1.29 is 4.79 Å². The minimum absolute atomic E-state index is 0.00250. The second-order valence-corrected chi connectivity index (χ2v) is 5.85. The summed E-state index contributed by atoms with van der Waals surface area (Å²) in [7, 11) is 0. The first kappa shape index (κ1) is 15.3. The third-order valence-corrected chi connectivity index (χ3v) is 4.00. The van der Waals surface area contributed by atoms with E-state index < -0.39 is 0 Å². The number of rotatable bonds is 5. The van der Waals surface area contributed by atoms with Crippen molar-refractivity contribution >= 4 is 22.6 Å². The number of unbranched alkanes of at least 4 members (excludes halogenated alkanes) is 1. The zero-order chi connectivity index (χ0) is 16.4. The van der Waals surface area contributed by atoms with Crippen molar-refractivity contribution in [3.05, 3.63) is 29.5 Å². The fourth-order valence-electron chi connectivity index (χ4n) is 2.50. The van der Waals surface area contributed by atoms with Crippen molar-refractivity contribution in [1.29, 1.82) is 0 Å². The average Bonchev–Trinajstić information content (AvgIpc) is 3.12. The standard InChI is InChI=1S/C17H21N5O/c1-4-5-6-15(23)19-14-9-18-22-16(14)17-20-12-7-10(2)11(3)8-13(12)21-17/h7-9H,4-6H2,1-3H3,(H,18,22)(H,19,23)(H,20,21). The molecule has 0 aliphatic heterocycles. The summed E-state index contributed by atoms with van der Waals surface area (Å²) in [5.74, 6) is 0.672. The van der Waals surface area contributed by atoms with Gasteiger partial charge in [0.25, 0.3) is 0 Å². The zero-order valence-electron chi connectivity index (χ0n) is 13.7. The predicted molar refractivity (Wildman–Crippen MR) is 91.3 cm³/mol. The van der Waals surface area contributed by atoms with Crippen LogP contribution in [0.4, 0.5) is 5.69 Å². The molecule has 0 atom stereocenters. The number of amides is 1. The first-order valence-corrected chi connectivity index (χ1v) is 7.89. The Labute approximate surface area is 134 Å². The monoisotopic (exact) mass is 311 g/mol. The smallest absolute Gasteiger partial charge is 0.224 e. The molecular weight excluding hydrogens is 290 g/mol. The van der Waals surface area contributed by atoms with E-state index in [4.69, 9.17) is 0 Å². The predicted octanol–water partition coefficient (Wildman–Crippen LogP) is 3.70. The zero-order valence-corrected chi connectivity index (χ0v) is 13.7. The highest BCUT2D eigenvalue weighted by molar-refractivity contribution is 5.94. The lowest BCUT2D eigenvalue weighted by Crippen LogP contribution is -2.11. The van der Waals surface area contributed by atoms with Crippen molar-refractivity contribution in [3.8, 4) is 11.5 Å². The normalized spacial score (nSPS) is 11.1. The minimum atomic E-state index is -0.00250. The van der Waals surface area contributed by atoms with E-state index in [0.29, 0.717) is 23.6 Å². The molecular formula is C17H21N5O. The summed E-state index contributed by atoms with van der Waals surface area (Å²) in [4.78, 5) is 19.8. The number of aromatic amines is 2. The molecule has 6 nitrogen and oxygen atoms in total. The number of carbonyl (C=O) groups excluding carboxylic acids is 1. The summed E-state index contributed by atoms with van der Waals surface area (Å²) in [5, 5.41) is 9.85. The van der Waals surface area contributed by atoms with Crippen LogP contribution in [0.2, 0.25) is 0 Å². The van der Waals surface area contributed by atoms with Crippen molar-refractivity contribution in [1.82, 2.24) is 20.2 Å². The van der Waals surface area contributed by atoms with E-state index in [1.165, 1.54) is 11.1 Å². The number of fused-ring (bicyclic) bond motifs is 1. The van der Waals surface area contributed by atoms with Gasteiger partial charge in [0.1, 0.15) is 5.69 Å². The quantitative estimate of drug-likeness (QED) is 0.671. The highest BCUT2D eigenvalue weighted by Crippen LogP contribution is 2.26. The number of aryl methyl sites for hydroxylation is 2. The molecule has 0 saturated heterocycles. The number of hydrogen-bond donors (Lipinski definition) is 3. The number of aromatic nitrogens is 4. The molecule has 0 fully saturated rings. The van der Waals surface area contributed by atoms with Crippen molar-refractivity contribution in [2.75, 3.05) is 5.32 Å². The number of benzene rings is 1. The summed E-state index contributed by atoms with van der Waals surface area (Å²) in [5.41, 5.74) is 5.64. The van der Waals surface area contributed by atoms with Gasteiger partial charge in [-0.25, -0.2) is 4.98 Å². The molecule has 120 valence electrons. The molecule has 3 rings (SSSR count). The van der Waals surface area contributed by atoms with Crippen LogP contribution in [0.1, 0.15) is 37.3 Å². The van der Waals surface area contributed by atoms with Crippen LogP contribution >= 0.6 is 0 Å². The number of nitrogens with zero attached hydrogens (tertiary/aromatic N) is 2. The molecule has 0 bridgehead atoms. The summed E-state index contributed by atoms with van der Waals surface area (Å²) < 4.78 is 0. The van der Waals surface area contributed by atoms with Gasteiger partial charge in [-0.05, 0) is 43.5 Å². The van der Waals surface area contributed by atoms with Crippen LogP contribution < -0.4 is 5.32 Å². The van der Waals surface area contributed by atoms with Gasteiger partial charge < -0.3 is 10.3 Å². The Bertz CT molecular complexity index is 807. The van der Waals surface area contributed by atoms with Gasteiger partial charge in [-0.2, -0.15) is 5.10 Å². The average molecular weight is 311 g/mol. The highest BCUT2D eigenvalue weighted by Gasteiger charge is 2.14. The van der Waals surface area contributed by atoms with Crippen LogP contribution in [0.25, 0.3) is 22.6 Å². The van der Waals surface area contributed by atoms with Gasteiger partial charge >= 0.3 is 0 Å². The number of carbonyl (C=O) groups is 1. The topological polar surface area (TPSA) is 86.5 Å². The fourth-order valence-corrected chi connectivity index (χ4v) is 2.50. The molecule has 1 amide bonds. The molecule has 3 N–H and O–H groups in total. The van der Waals surface area contributed by atoms with E-state index in [1.54, 1.807) is 6.20 Å². The minimum Gasteiger partial charge on any atom is -0.337 e. The van der Waals surface area contributed by atoms with Crippen LogP contribution in [-0.2, 0) is 4.79 Å². The summed E-state index contributed by atoms with van der Waals surface area (Å²) >= 11 is 0. The summed E-state index contributed by atoms with van der Waals surface area (Å²) in [6.45, 7) is 6.21. The van der Waals surface area contributed by atoms with E-state index in [-0.39, 0.29) is 5.91 Å². The molecule has 0 saturated carbocycles. The van der Waals surface area contributed by atoms with Gasteiger partial charge in [0.05, 0.1) is 22.9 Å². The fraction of sp³-hybridized carbons (Fsp3) is 0.353. The number of nitrogens with one attached hydrogen (secondary N) is 3. The van der Waals surface area contributed by atoms with E-state index in [0.717, 1.165) is 23.9 Å². The third kappa shape index (κ3) is 3.11. The summed E-state index contributed by atoms with van der Waals surface area (Å²) in [6.07, 6.45) is 4.00. The van der Waals surface area contributed by atoms with E-state index in [9.17, 15) is 4.79 Å². The lowest BCUT2D eigenvalue weighted by Gasteiger charge is -2.03. The maximum absolute atomic E-state index is 11.9. The number of hydrogen-bond acceptors (Lipinski definition) is 3. The molecule has 2 aromatic heterocycles. The van der Waals surface area contributed by atoms with E-state index in [2.05, 4.69) is 58.4 Å². The van der Waals surface area contributed by atoms with Crippen LogP contribution in [0.3, 0.4) is 0 Å². The van der Waals surface area contributed by atoms with Crippen LogP contribution in [0.5, 0.6) is 0 Å². The molecule has 2 heterocycles. The number of anilines is 1. The lowest BCUT2D eigenvalue weighted by atomic mass is 10.1. The molecule has 6 heteroatoms. The Kier molecular flexibility index (Phi) is 4.14. The van der Waals surface area contributed by atoms with Crippen molar-refractivity contribution in [2.45, 2.75) is 40.0 Å². The summed E-state index contributed by atoms with van der Waals surface area (Å²) in [6, 6.07) is 4.14. The van der Waals surface area contributed by atoms with Gasteiger partial charge in [-0.3, -0.25) is 9.89 Å². The van der Waals surface area contributed by atoms with Gasteiger partial charge in [0.15, 0.2) is 5.82 Å². The van der Waals surface area contributed by atoms with Gasteiger partial charge in [0.2, 0.25) is 5.91 Å². The second-order valence-electron chi connectivity index (χ2n) is 5.85. The highest BCUT2D eigenvalue weighted by atomic mass is 16.1. The van der Waals surface area contributed by atoms with Gasteiger partial charge in [-0.15, -0.1) is 0 Å². The SMILES string of the molecule is CCCCC(=O)Nc1cn[nH]c1-c1nc2cc(C)c(C)cc2[nH]1. The molecule has 0 aliphatic carbocycles. The molecule has 0 aliphatic rings. The van der Waals surface area contributed by atoms with Gasteiger partial charge in [-0.1, -0.05) is 13.3 Å². The van der Waals surface area contributed by atoms with Crippen molar-refractivity contribution in [2.24, 2.45) is 0 Å². The number of imidazole rings is 1. The first-order chi connectivity index (χ1) is 11.1. The second kappa shape index (κ2) is 6.24. The van der Waals surface area contributed by atoms with Gasteiger partial charge in [0, 0.05) is 6.42 Å². The first-order valence-electron chi connectivity index (χ1n) is 7.89. The maximum atomic E-state index is 11.9. The Hall–Kier alpha value is -2.63. The van der Waals surface area contributed by atoms with E-state index in [1.807, 2.05) is 0 Å². The Balaban J connectivity index is 1.90. The van der Waals surface area contributed by atoms with Crippen LogP contribution in [-0.4, -0.2) is 26.1 Å². The molecule has 3 aromatic rings. The molecule has 23 heavy (non-hydrogen) atoms. The maximum Gasteiger partial charge on any atom is 0.224 e. The largest absolute Gasteiger partial charge is 0.337 e. The Morgan fingerprint density at radius 3 is 2.83 bits per heavy atom. The Morgan fingerprint density at radius 1 is 1.26 bits per heavy atom. The number of H-pyrrole nitrogens is 2. The van der Waals surface area contributed by atoms with Crippen LogP contribution in [0, 0.1) is 13.8 Å². The molecule has 0 radical (unpaired) electrons. The molecule has 1 aromatic carbocycles.